The summed E-state index contributed by atoms with van der Waals surface area (Å²) in [6, 6.07) is 11.1. The Labute approximate surface area is 124 Å². The molecular formula is C17H21NOS. The standard InChI is InChI=1S/C17H21NOS/c1-4-18-16(17-11(2)9-12(3)20-17)14-10-19-15-8-6-5-7-13(14)15/h5-9,14,16,18H,4,10H2,1-3H3. The van der Waals surface area contributed by atoms with Crippen molar-refractivity contribution in [2.75, 3.05) is 13.2 Å². The van der Waals surface area contributed by atoms with Crippen LogP contribution in [0.3, 0.4) is 0 Å². The molecule has 2 unspecified atom stereocenters. The molecule has 0 aliphatic carbocycles. The Morgan fingerprint density at radius 2 is 2.15 bits per heavy atom. The van der Waals surface area contributed by atoms with Gasteiger partial charge in [0.15, 0.2) is 0 Å². The molecule has 0 saturated heterocycles. The predicted molar refractivity (Wildman–Crippen MR) is 84.9 cm³/mol. The Morgan fingerprint density at radius 3 is 2.85 bits per heavy atom. The fourth-order valence-corrected chi connectivity index (χ4v) is 4.25. The van der Waals surface area contributed by atoms with E-state index in [1.807, 2.05) is 17.4 Å². The van der Waals surface area contributed by atoms with Crippen LogP contribution in [0.1, 0.15) is 39.8 Å². The number of ether oxygens (including phenoxy) is 1. The normalized spacial score (nSPS) is 18.6. The van der Waals surface area contributed by atoms with Gasteiger partial charge >= 0.3 is 0 Å². The maximum absolute atomic E-state index is 5.87. The van der Waals surface area contributed by atoms with Gasteiger partial charge in [-0.3, -0.25) is 0 Å². The second-order valence-corrected chi connectivity index (χ2v) is 6.68. The molecule has 2 nitrogen and oxygen atoms in total. The first-order valence-corrected chi connectivity index (χ1v) is 8.04. The van der Waals surface area contributed by atoms with Crippen LogP contribution in [0.25, 0.3) is 0 Å². The van der Waals surface area contributed by atoms with Gasteiger partial charge in [-0.15, -0.1) is 11.3 Å². The van der Waals surface area contributed by atoms with Crippen molar-refractivity contribution in [3.63, 3.8) is 0 Å². The van der Waals surface area contributed by atoms with E-state index in [-0.39, 0.29) is 0 Å². The van der Waals surface area contributed by atoms with E-state index in [2.05, 4.69) is 50.4 Å². The molecule has 0 spiro atoms. The number of likely N-dealkylation sites (N-methyl/N-ethyl adjacent to an activating group) is 1. The van der Waals surface area contributed by atoms with E-state index >= 15 is 0 Å². The zero-order valence-electron chi connectivity index (χ0n) is 12.3. The molecule has 2 atom stereocenters. The van der Waals surface area contributed by atoms with E-state index in [1.54, 1.807) is 0 Å². The molecule has 0 radical (unpaired) electrons. The van der Waals surface area contributed by atoms with Gasteiger partial charge in [0.2, 0.25) is 0 Å². The van der Waals surface area contributed by atoms with E-state index < -0.39 is 0 Å². The fourth-order valence-electron chi connectivity index (χ4n) is 3.07. The topological polar surface area (TPSA) is 21.3 Å². The van der Waals surface area contributed by atoms with Crippen molar-refractivity contribution in [2.45, 2.75) is 32.7 Å². The third-order valence-electron chi connectivity index (χ3n) is 3.93. The van der Waals surface area contributed by atoms with Gasteiger partial charge < -0.3 is 10.1 Å². The summed E-state index contributed by atoms with van der Waals surface area (Å²) in [6.07, 6.45) is 0. The molecule has 1 aromatic heterocycles. The Balaban J connectivity index is 1.98. The molecule has 3 rings (SSSR count). The number of benzene rings is 1. The number of nitrogens with one attached hydrogen (secondary N) is 1. The number of thiophene rings is 1. The van der Waals surface area contributed by atoms with Gasteiger partial charge in [-0.05, 0) is 38.1 Å². The SMILES string of the molecule is CCNC(c1sc(C)cc1C)C1COc2ccccc21. The Hall–Kier alpha value is -1.32. The molecule has 1 aliphatic rings. The Morgan fingerprint density at radius 1 is 1.35 bits per heavy atom. The highest BCUT2D eigenvalue weighted by atomic mass is 32.1. The minimum atomic E-state index is 0.349. The van der Waals surface area contributed by atoms with Crippen LogP contribution >= 0.6 is 11.3 Å². The van der Waals surface area contributed by atoms with Crippen LogP contribution < -0.4 is 10.1 Å². The summed E-state index contributed by atoms with van der Waals surface area (Å²) in [6.45, 7) is 8.31. The van der Waals surface area contributed by atoms with Crippen LogP contribution in [0.5, 0.6) is 5.75 Å². The Bertz CT molecular complexity index is 605. The molecule has 1 aliphatic heterocycles. The third kappa shape index (κ3) is 2.36. The second-order valence-electron chi connectivity index (χ2n) is 5.39. The summed E-state index contributed by atoms with van der Waals surface area (Å²) in [7, 11) is 0. The number of hydrogen-bond donors (Lipinski definition) is 1. The zero-order chi connectivity index (χ0) is 14.1. The largest absolute Gasteiger partial charge is 0.493 e. The van der Waals surface area contributed by atoms with Crippen molar-refractivity contribution in [1.82, 2.24) is 5.32 Å². The van der Waals surface area contributed by atoms with Gasteiger partial charge in [-0.1, -0.05) is 25.1 Å². The summed E-state index contributed by atoms with van der Waals surface area (Å²) >= 11 is 1.91. The summed E-state index contributed by atoms with van der Waals surface area (Å²) < 4.78 is 5.87. The summed E-state index contributed by atoms with van der Waals surface area (Å²) in [5.41, 5.74) is 2.73. The molecule has 1 aromatic carbocycles. The number of fused-ring (bicyclic) bond motifs is 1. The molecule has 0 bridgehead atoms. The number of hydrogen-bond acceptors (Lipinski definition) is 3. The lowest BCUT2D eigenvalue weighted by Crippen LogP contribution is -2.27. The number of para-hydroxylation sites is 1. The molecule has 106 valence electrons. The highest BCUT2D eigenvalue weighted by Crippen LogP contribution is 2.43. The first-order chi connectivity index (χ1) is 9.70. The molecule has 0 saturated carbocycles. The van der Waals surface area contributed by atoms with Crippen molar-refractivity contribution in [3.8, 4) is 5.75 Å². The van der Waals surface area contributed by atoms with Crippen LogP contribution in [0, 0.1) is 13.8 Å². The molecule has 3 heteroatoms. The zero-order valence-corrected chi connectivity index (χ0v) is 13.1. The number of aryl methyl sites for hydroxylation is 2. The third-order valence-corrected chi connectivity index (χ3v) is 5.16. The monoisotopic (exact) mass is 287 g/mol. The van der Waals surface area contributed by atoms with Crippen LogP contribution in [0.2, 0.25) is 0 Å². The van der Waals surface area contributed by atoms with Crippen LogP contribution in [-0.2, 0) is 0 Å². The van der Waals surface area contributed by atoms with Crippen LogP contribution in [0.4, 0.5) is 0 Å². The predicted octanol–water partition coefficient (Wildman–Crippen LogP) is 4.19. The van der Waals surface area contributed by atoms with Crippen molar-refractivity contribution in [1.29, 1.82) is 0 Å². The summed E-state index contributed by atoms with van der Waals surface area (Å²) in [4.78, 5) is 2.84. The van der Waals surface area contributed by atoms with Gasteiger partial charge in [-0.2, -0.15) is 0 Å². The Kier molecular flexibility index (Phi) is 3.81. The molecule has 1 N–H and O–H groups in total. The van der Waals surface area contributed by atoms with E-state index in [9.17, 15) is 0 Å². The molecule has 0 amide bonds. The highest BCUT2D eigenvalue weighted by Gasteiger charge is 2.33. The molecule has 2 heterocycles. The first kappa shape index (κ1) is 13.7. The van der Waals surface area contributed by atoms with E-state index in [0.29, 0.717) is 12.0 Å². The van der Waals surface area contributed by atoms with Crippen molar-refractivity contribution < 1.29 is 4.74 Å². The maximum atomic E-state index is 5.87. The molecule has 2 aromatic rings. The van der Waals surface area contributed by atoms with Gasteiger partial charge in [-0.25, -0.2) is 0 Å². The van der Waals surface area contributed by atoms with Gasteiger partial charge in [0.1, 0.15) is 5.75 Å². The lowest BCUT2D eigenvalue weighted by atomic mass is 9.91. The fraction of sp³-hybridized carbons (Fsp3) is 0.412. The van der Waals surface area contributed by atoms with Crippen LogP contribution in [0.15, 0.2) is 30.3 Å². The number of rotatable bonds is 4. The maximum Gasteiger partial charge on any atom is 0.122 e. The van der Waals surface area contributed by atoms with E-state index in [0.717, 1.165) is 18.9 Å². The molecule has 0 fully saturated rings. The highest BCUT2D eigenvalue weighted by molar-refractivity contribution is 7.12. The van der Waals surface area contributed by atoms with Gasteiger partial charge in [0.05, 0.1) is 12.6 Å². The molecule has 20 heavy (non-hydrogen) atoms. The lowest BCUT2D eigenvalue weighted by molar-refractivity contribution is 0.302. The minimum absolute atomic E-state index is 0.349. The second kappa shape index (κ2) is 5.58. The minimum Gasteiger partial charge on any atom is -0.493 e. The van der Waals surface area contributed by atoms with Crippen molar-refractivity contribution in [3.05, 3.63) is 51.2 Å². The van der Waals surface area contributed by atoms with Gasteiger partial charge in [0.25, 0.3) is 0 Å². The van der Waals surface area contributed by atoms with Crippen molar-refractivity contribution in [2.24, 2.45) is 0 Å². The molecular weight excluding hydrogens is 266 g/mol. The summed E-state index contributed by atoms with van der Waals surface area (Å²) in [5.74, 6) is 1.45. The smallest absolute Gasteiger partial charge is 0.122 e. The average molecular weight is 287 g/mol. The summed E-state index contributed by atoms with van der Waals surface area (Å²) in [5, 5.41) is 3.67. The van der Waals surface area contributed by atoms with E-state index in [1.165, 1.54) is 20.9 Å². The average Bonchev–Trinajstić information content (AvgIpc) is 3.00. The quantitative estimate of drug-likeness (QED) is 0.910. The first-order valence-electron chi connectivity index (χ1n) is 7.22. The van der Waals surface area contributed by atoms with Gasteiger partial charge in [0, 0.05) is 21.2 Å². The van der Waals surface area contributed by atoms with E-state index in [4.69, 9.17) is 4.74 Å². The van der Waals surface area contributed by atoms with Crippen molar-refractivity contribution >= 4 is 11.3 Å². The van der Waals surface area contributed by atoms with Crippen LogP contribution in [-0.4, -0.2) is 13.2 Å². The lowest BCUT2D eigenvalue weighted by Gasteiger charge is -2.23.